The van der Waals surface area contributed by atoms with Crippen LogP contribution in [0.15, 0.2) is 35.0 Å². The topological polar surface area (TPSA) is 106 Å². The monoisotopic (exact) mass is 368 g/mol. The van der Waals surface area contributed by atoms with E-state index >= 15 is 0 Å². The lowest BCUT2D eigenvalue weighted by Gasteiger charge is -2.16. The van der Waals surface area contributed by atoms with Gasteiger partial charge in [-0.15, -0.1) is 0 Å². The van der Waals surface area contributed by atoms with Crippen LogP contribution in [-0.2, 0) is 14.3 Å². The Morgan fingerprint density at radius 3 is 2.81 bits per heavy atom. The van der Waals surface area contributed by atoms with Crippen molar-refractivity contribution in [3.63, 3.8) is 0 Å². The molecule has 1 aliphatic rings. The number of aliphatic imine (C=N–C) groups is 2. The predicted molar refractivity (Wildman–Crippen MR) is 110 cm³/mol. The van der Waals surface area contributed by atoms with Gasteiger partial charge in [-0.3, -0.25) is 14.6 Å². The SMILES string of the molecule is C=C1C=Nc2c(N)cc(NC(=O)C(C)CC)c(/N=C(\C)C(=O)/C=C/OC)c21. The van der Waals surface area contributed by atoms with E-state index in [0.29, 0.717) is 40.3 Å². The van der Waals surface area contributed by atoms with Crippen LogP contribution in [0.3, 0.4) is 0 Å². The van der Waals surface area contributed by atoms with Gasteiger partial charge < -0.3 is 15.8 Å². The maximum atomic E-state index is 12.4. The molecule has 0 saturated carbocycles. The largest absolute Gasteiger partial charge is 0.504 e. The molecule has 3 N–H and O–H groups in total. The molecular formula is C20H24N4O3. The van der Waals surface area contributed by atoms with Crippen LogP contribution < -0.4 is 11.1 Å². The van der Waals surface area contributed by atoms with E-state index in [2.05, 4.69) is 21.9 Å². The zero-order valence-corrected chi connectivity index (χ0v) is 16.0. The van der Waals surface area contributed by atoms with Crippen LogP contribution in [-0.4, -0.2) is 30.7 Å². The number of carbonyl (C=O) groups excluding carboxylic acids is 2. The van der Waals surface area contributed by atoms with Gasteiger partial charge in [0.05, 0.1) is 41.8 Å². The van der Waals surface area contributed by atoms with Gasteiger partial charge in [0, 0.05) is 23.8 Å². The minimum absolute atomic E-state index is 0.152. The van der Waals surface area contributed by atoms with Crippen molar-refractivity contribution in [1.82, 2.24) is 0 Å². The first-order chi connectivity index (χ1) is 12.8. The summed E-state index contributed by atoms with van der Waals surface area (Å²) >= 11 is 0. The van der Waals surface area contributed by atoms with Crippen molar-refractivity contribution >= 4 is 51.9 Å². The van der Waals surface area contributed by atoms with Crippen LogP contribution in [0.5, 0.6) is 0 Å². The van der Waals surface area contributed by atoms with Gasteiger partial charge in [0.25, 0.3) is 0 Å². The van der Waals surface area contributed by atoms with Crippen molar-refractivity contribution in [2.45, 2.75) is 27.2 Å². The third-order valence-electron chi connectivity index (χ3n) is 4.28. The molecule has 1 aromatic carbocycles. The van der Waals surface area contributed by atoms with Gasteiger partial charge in [-0.25, -0.2) is 4.99 Å². The molecule has 0 spiro atoms. The number of amides is 1. The number of nitrogens with one attached hydrogen (secondary N) is 1. The first kappa shape index (κ1) is 20.1. The standard InChI is InChI=1S/C20H24N4O3/c1-6-11(2)20(26)24-15-9-14(21)18-17(12(3)10-22-18)19(15)23-13(4)16(25)7-8-27-5/h7-11H,3,6,21H2,1-2,4-5H3,(H,24,26)/b8-7+,23-13+. The van der Waals surface area contributed by atoms with Gasteiger partial charge in [0.15, 0.2) is 0 Å². The van der Waals surface area contributed by atoms with Gasteiger partial charge in [0.1, 0.15) is 0 Å². The molecule has 1 aromatic rings. The molecule has 1 amide bonds. The number of methoxy groups -OCH3 is 1. The van der Waals surface area contributed by atoms with Gasteiger partial charge in [-0.2, -0.15) is 0 Å². The maximum Gasteiger partial charge on any atom is 0.227 e. The average molecular weight is 368 g/mol. The number of ketones is 1. The number of rotatable bonds is 7. The first-order valence-corrected chi connectivity index (χ1v) is 8.59. The minimum Gasteiger partial charge on any atom is -0.504 e. The van der Waals surface area contributed by atoms with E-state index in [1.165, 1.54) is 19.4 Å². The molecular weight excluding hydrogens is 344 g/mol. The molecule has 0 bridgehead atoms. The summed E-state index contributed by atoms with van der Waals surface area (Å²) in [6.45, 7) is 9.32. The molecule has 0 aromatic heterocycles. The fourth-order valence-electron chi connectivity index (χ4n) is 2.46. The number of benzene rings is 1. The number of allylic oxidation sites excluding steroid dienone is 2. The van der Waals surface area contributed by atoms with Gasteiger partial charge in [0.2, 0.25) is 11.7 Å². The van der Waals surface area contributed by atoms with E-state index in [-0.39, 0.29) is 23.3 Å². The number of nitrogen functional groups attached to an aromatic ring is 1. The van der Waals surface area contributed by atoms with E-state index in [4.69, 9.17) is 10.5 Å². The molecule has 1 heterocycles. The number of ether oxygens (including phenoxy) is 1. The van der Waals surface area contributed by atoms with Crippen LogP contribution >= 0.6 is 0 Å². The Morgan fingerprint density at radius 2 is 2.19 bits per heavy atom. The highest BCUT2D eigenvalue weighted by Crippen LogP contribution is 2.46. The van der Waals surface area contributed by atoms with E-state index in [9.17, 15) is 9.59 Å². The number of anilines is 2. The highest BCUT2D eigenvalue weighted by atomic mass is 16.5. The van der Waals surface area contributed by atoms with E-state index in [1.54, 1.807) is 19.2 Å². The summed E-state index contributed by atoms with van der Waals surface area (Å²) in [6.07, 6.45) is 4.84. The van der Waals surface area contributed by atoms with E-state index in [1.807, 2.05) is 13.8 Å². The second-order valence-corrected chi connectivity index (χ2v) is 6.27. The smallest absolute Gasteiger partial charge is 0.227 e. The lowest BCUT2D eigenvalue weighted by molar-refractivity contribution is -0.119. The highest BCUT2D eigenvalue weighted by Gasteiger charge is 2.24. The van der Waals surface area contributed by atoms with Gasteiger partial charge in [-0.1, -0.05) is 20.4 Å². The number of fused-ring (bicyclic) bond motifs is 1. The van der Waals surface area contributed by atoms with Crippen molar-refractivity contribution in [3.8, 4) is 0 Å². The lowest BCUT2D eigenvalue weighted by atomic mass is 10.0. The zero-order chi connectivity index (χ0) is 20.1. The van der Waals surface area contributed by atoms with E-state index in [0.717, 1.165) is 0 Å². The van der Waals surface area contributed by atoms with Crippen LogP contribution in [0.4, 0.5) is 22.7 Å². The van der Waals surface area contributed by atoms with Crippen LogP contribution in [0.2, 0.25) is 0 Å². The Labute approximate surface area is 158 Å². The zero-order valence-electron chi connectivity index (χ0n) is 16.0. The summed E-state index contributed by atoms with van der Waals surface area (Å²) in [5, 5.41) is 2.86. The predicted octanol–water partition coefficient (Wildman–Crippen LogP) is 3.80. The Kier molecular flexibility index (Phi) is 6.28. The van der Waals surface area contributed by atoms with Crippen LogP contribution in [0.1, 0.15) is 32.8 Å². The van der Waals surface area contributed by atoms with Crippen LogP contribution in [0, 0.1) is 5.92 Å². The Bertz CT molecular complexity index is 882. The molecule has 0 aliphatic carbocycles. The summed E-state index contributed by atoms with van der Waals surface area (Å²) in [6, 6.07) is 1.61. The normalized spacial score (nSPS) is 14.4. The minimum atomic E-state index is -0.314. The third kappa shape index (κ3) is 4.31. The quantitative estimate of drug-likeness (QED) is 0.330. The average Bonchev–Trinajstić information content (AvgIpc) is 3.04. The summed E-state index contributed by atoms with van der Waals surface area (Å²) in [7, 11) is 1.45. The Hall–Kier alpha value is -3.22. The second-order valence-electron chi connectivity index (χ2n) is 6.27. The number of carbonyl (C=O) groups is 2. The number of nitrogens with two attached hydrogens (primary N) is 1. The molecule has 0 radical (unpaired) electrons. The Morgan fingerprint density at radius 1 is 1.48 bits per heavy atom. The number of hydrogen-bond acceptors (Lipinski definition) is 6. The molecule has 2 rings (SSSR count). The van der Waals surface area contributed by atoms with Crippen molar-refractivity contribution < 1.29 is 14.3 Å². The van der Waals surface area contributed by atoms with Gasteiger partial charge in [-0.05, 0) is 25.0 Å². The summed E-state index contributed by atoms with van der Waals surface area (Å²) in [5.41, 5.74) is 9.32. The first-order valence-electron chi connectivity index (χ1n) is 8.59. The molecule has 7 nitrogen and oxygen atoms in total. The summed E-state index contributed by atoms with van der Waals surface area (Å²) in [5.74, 6) is -0.643. The fraction of sp³-hybridized carbons (Fsp3) is 0.300. The molecule has 1 unspecified atom stereocenters. The molecule has 1 atom stereocenters. The molecule has 0 fully saturated rings. The summed E-state index contributed by atoms with van der Waals surface area (Å²) in [4.78, 5) is 33.3. The fourth-order valence-corrected chi connectivity index (χ4v) is 2.46. The molecule has 1 aliphatic heterocycles. The number of hydrogen-bond donors (Lipinski definition) is 2. The van der Waals surface area contributed by atoms with Crippen molar-refractivity contribution in [1.29, 1.82) is 0 Å². The van der Waals surface area contributed by atoms with E-state index < -0.39 is 0 Å². The number of nitrogens with zero attached hydrogens (tertiary/aromatic N) is 2. The van der Waals surface area contributed by atoms with Gasteiger partial charge >= 0.3 is 0 Å². The molecule has 7 heteroatoms. The molecule has 0 saturated heterocycles. The molecule has 27 heavy (non-hydrogen) atoms. The molecule has 142 valence electrons. The van der Waals surface area contributed by atoms with Crippen molar-refractivity contribution in [2.24, 2.45) is 15.9 Å². The van der Waals surface area contributed by atoms with Crippen molar-refractivity contribution in [2.75, 3.05) is 18.2 Å². The van der Waals surface area contributed by atoms with Crippen molar-refractivity contribution in [3.05, 3.63) is 30.5 Å². The highest BCUT2D eigenvalue weighted by molar-refractivity contribution is 6.43. The Balaban J connectivity index is 2.58. The second kappa shape index (κ2) is 8.44. The van der Waals surface area contributed by atoms with Crippen LogP contribution in [0.25, 0.3) is 5.57 Å². The summed E-state index contributed by atoms with van der Waals surface area (Å²) < 4.78 is 4.77. The lowest BCUT2D eigenvalue weighted by Crippen LogP contribution is -2.20. The maximum absolute atomic E-state index is 12.4. The third-order valence-corrected chi connectivity index (χ3v) is 4.28.